The molecule has 1 aliphatic heterocycles. The van der Waals surface area contributed by atoms with Crippen LogP contribution in [0.1, 0.15) is 29.7 Å². The topological polar surface area (TPSA) is 41.1 Å². The molecule has 0 spiro atoms. The number of anilines is 1. The Morgan fingerprint density at radius 1 is 1.19 bits per heavy atom. The van der Waals surface area contributed by atoms with Gasteiger partial charge in [-0.3, -0.25) is 4.90 Å². The van der Waals surface area contributed by atoms with Crippen LogP contribution in [0.3, 0.4) is 0 Å². The Labute approximate surface area is 125 Å². The van der Waals surface area contributed by atoms with Crippen molar-refractivity contribution in [2.75, 3.05) is 11.9 Å². The largest absolute Gasteiger partial charge is 0.351 e. The SMILES string of the molecule is c1ccc(CN2CCc3nc(NC4CC4)ncc3C2)cc1. The molecule has 1 fully saturated rings. The Hall–Kier alpha value is -1.94. The Balaban J connectivity index is 1.44. The third-order valence-electron chi connectivity index (χ3n) is 4.17. The van der Waals surface area contributed by atoms with Crippen LogP contribution in [0.2, 0.25) is 0 Å². The summed E-state index contributed by atoms with van der Waals surface area (Å²) in [6, 6.07) is 11.3. The zero-order valence-electron chi connectivity index (χ0n) is 12.1. The maximum atomic E-state index is 4.69. The second kappa shape index (κ2) is 5.45. The van der Waals surface area contributed by atoms with Gasteiger partial charge in [0.15, 0.2) is 0 Å². The molecule has 2 aliphatic rings. The van der Waals surface area contributed by atoms with Gasteiger partial charge in [0.05, 0.1) is 5.69 Å². The highest BCUT2D eigenvalue weighted by Gasteiger charge is 2.23. The summed E-state index contributed by atoms with van der Waals surface area (Å²) in [6.45, 7) is 3.03. The molecule has 1 aromatic heterocycles. The summed E-state index contributed by atoms with van der Waals surface area (Å²) in [4.78, 5) is 11.6. The van der Waals surface area contributed by atoms with Gasteiger partial charge >= 0.3 is 0 Å². The molecule has 0 atom stereocenters. The smallest absolute Gasteiger partial charge is 0.223 e. The lowest BCUT2D eigenvalue weighted by Crippen LogP contribution is -2.31. The molecule has 4 rings (SSSR count). The summed E-state index contributed by atoms with van der Waals surface area (Å²) in [6.07, 6.45) is 5.53. The van der Waals surface area contributed by atoms with Crippen molar-refractivity contribution in [3.05, 3.63) is 53.3 Å². The lowest BCUT2D eigenvalue weighted by Gasteiger charge is -2.28. The van der Waals surface area contributed by atoms with Crippen LogP contribution < -0.4 is 5.32 Å². The first-order valence-electron chi connectivity index (χ1n) is 7.74. The predicted molar refractivity (Wildman–Crippen MR) is 82.9 cm³/mol. The standard InChI is InChI=1S/C17H20N4/c1-2-4-13(5-3-1)11-21-9-8-16-14(12-21)10-18-17(20-16)19-15-6-7-15/h1-5,10,15H,6-9,11-12H2,(H,18,19,20). The average molecular weight is 280 g/mol. The molecule has 1 N–H and O–H groups in total. The van der Waals surface area contributed by atoms with Gasteiger partial charge in [-0.2, -0.15) is 0 Å². The fourth-order valence-electron chi connectivity index (χ4n) is 2.83. The van der Waals surface area contributed by atoms with Crippen LogP contribution in [0, 0.1) is 0 Å². The van der Waals surface area contributed by atoms with Gasteiger partial charge in [0.1, 0.15) is 0 Å². The lowest BCUT2D eigenvalue weighted by molar-refractivity contribution is 0.243. The van der Waals surface area contributed by atoms with Crippen LogP contribution in [-0.4, -0.2) is 27.5 Å². The number of nitrogens with one attached hydrogen (secondary N) is 1. The van der Waals surface area contributed by atoms with Crippen molar-refractivity contribution in [1.29, 1.82) is 0 Å². The first kappa shape index (κ1) is 12.8. The van der Waals surface area contributed by atoms with Crippen LogP contribution >= 0.6 is 0 Å². The van der Waals surface area contributed by atoms with E-state index < -0.39 is 0 Å². The summed E-state index contributed by atoms with van der Waals surface area (Å²) in [5.41, 5.74) is 3.87. The first-order valence-corrected chi connectivity index (χ1v) is 7.74. The zero-order chi connectivity index (χ0) is 14.1. The van der Waals surface area contributed by atoms with Crippen molar-refractivity contribution >= 4 is 5.95 Å². The number of rotatable bonds is 4. The molecule has 0 radical (unpaired) electrons. The van der Waals surface area contributed by atoms with Crippen LogP contribution in [0.15, 0.2) is 36.5 Å². The molecule has 0 saturated heterocycles. The molecule has 0 bridgehead atoms. The Morgan fingerprint density at radius 3 is 2.86 bits per heavy atom. The van der Waals surface area contributed by atoms with Crippen molar-refractivity contribution < 1.29 is 0 Å². The highest BCUT2D eigenvalue weighted by molar-refractivity contribution is 5.33. The quantitative estimate of drug-likeness (QED) is 0.934. The molecule has 108 valence electrons. The molecule has 2 heterocycles. The van der Waals surface area contributed by atoms with Crippen molar-refractivity contribution in [3.63, 3.8) is 0 Å². The van der Waals surface area contributed by atoms with Crippen molar-refractivity contribution in [1.82, 2.24) is 14.9 Å². The van der Waals surface area contributed by atoms with Gasteiger partial charge in [-0.15, -0.1) is 0 Å². The summed E-state index contributed by atoms with van der Waals surface area (Å²) in [5, 5.41) is 3.38. The Morgan fingerprint density at radius 2 is 2.05 bits per heavy atom. The third kappa shape index (κ3) is 3.05. The summed E-state index contributed by atoms with van der Waals surface area (Å²) >= 11 is 0. The minimum Gasteiger partial charge on any atom is -0.351 e. The van der Waals surface area contributed by atoms with E-state index in [2.05, 4.69) is 50.5 Å². The molecular formula is C17H20N4. The lowest BCUT2D eigenvalue weighted by atomic mass is 10.1. The van der Waals surface area contributed by atoms with Crippen LogP contribution in [0.4, 0.5) is 5.95 Å². The Kier molecular flexibility index (Phi) is 3.31. The van der Waals surface area contributed by atoms with Crippen molar-refractivity contribution in [2.24, 2.45) is 0 Å². The van der Waals surface area contributed by atoms with Gasteiger partial charge in [0.25, 0.3) is 0 Å². The number of aromatic nitrogens is 2. The minimum absolute atomic E-state index is 0.612. The van der Waals surface area contributed by atoms with E-state index in [0.717, 1.165) is 32.0 Å². The number of benzene rings is 1. The fourth-order valence-corrected chi connectivity index (χ4v) is 2.83. The second-order valence-corrected chi connectivity index (χ2v) is 6.03. The van der Waals surface area contributed by atoms with Crippen LogP contribution in [-0.2, 0) is 19.5 Å². The van der Waals surface area contributed by atoms with Gasteiger partial charge in [-0.05, 0) is 18.4 Å². The molecule has 0 amide bonds. The van der Waals surface area contributed by atoms with Crippen LogP contribution in [0.25, 0.3) is 0 Å². The number of nitrogens with zero attached hydrogens (tertiary/aromatic N) is 3. The highest BCUT2D eigenvalue weighted by atomic mass is 15.2. The Bertz CT molecular complexity index is 622. The summed E-state index contributed by atoms with van der Waals surface area (Å²) in [7, 11) is 0. The first-order chi connectivity index (χ1) is 10.4. The minimum atomic E-state index is 0.612. The van der Waals surface area contributed by atoms with E-state index in [0.29, 0.717) is 6.04 Å². The van der Waals surface area contributed by atoms with Gasteiger partial charge in [-0.25, -0.2) is 9.97 Å². The molecule has 4 heteroatoms. The van der Waals surface area contributed by atoms with Crippen molar-refractivity contribution in [3.8, 4) is 0 Å². The van der Waals surface area contributed by atoms with Gasteiger partial charge < -0.3 is 5.32 Å². The van der Waals surface area contributed by atoms with E-state index >= 15 is 0 Å². The highest BCUT2D eigenvalue weighted by Crippen LogP contribution is 2.24. The maximum Gasteiger partial charge on any atom is 0.223 e. The third-order valence-corrected chi connectivity index (χ3v) is 4.17. The summed E-state index contributed by atoms with van der Waals surface area (Å²) < 4.78 is 0. The van der Waals surface area contributed by atoms with Crippen molar-refractivity contribution in [2.45, 2.75) is 38.4 Å². The second-order valence-electron chi connectivity index (χ2n) is 6.03. The number of hydrogen-bond acceptors (Lipinski definition) is 4. The molecule has 0 unspecified atom stereocenters. The monoisotopic (exact) mass is 280 g/mol. The van der Waals surface area contributed by atoms with Gasteiger partial charge in [-0.1, -0.05) is 30.3 Å². The molecule has 21 heavy (non-hydrogen) atoms. The van der Waals surface area contributed by atoms with E-state index in [4.69, 9.17) is 0 Å². The average Bonchev–Trinajstić information content (AvgIpc) is 3.32. The molecular weight excluding hydrogens is 260 g/mol. The maximum absolute atomic E-state index is 4.69. The van der Waals surface area contributed by atoms with Crippen LogP contribution in [0.5, 0.6) is 0 Å². The van der Waals surface area contributed by atoms with Gasteiger partial charge in [0, 0.05) is 43.9 Å². The normalized spacial score (nSPS) is 18.3. The zero-order valence-corrected chi connectivity index (χ0v) is 12.1. The summed E-state index contributed by atoms with van der Waals surface area (Å²) in [5.74, 6) is 0.813. The van der Waals surface area contributed by atoms with E-state index in [1.165, 1.54) is 29.7 Å². The predicted octanol–water partition coefficient (Wildman–Crippen LogP) is 2.61. The van der Waals surface area contributed by atoms with E-state index in [9.17, 15) is 0 Å². The fraction of sp³-hybridized carbons (Fsp3) is 0.412. The molecule has 2 aromatic rings. The number of fused-ring (bicyclic) bond motifs is 1. The molecule has 1 aliphatic carbocycles. The molecule has 4 nitrogen and oxygen atoms in total. The number of hydrogen-bond donors (Lipinski definition) is 1. The van der Waals surface area contributed by atoms with E-state index in [1.807, 2.05) is 6.20 Å². The molecule has 1 aromatic carbocycles. The van der Waals surface area contributed by atoms with E-state index in [1.54, 1.807) is 0 Å². The van der Waals surface area contributed by atoms with E-state index in [-0.39, 0.29) is 0 Å². The molecule has 1 saturated carbocycles. The van der Waals surface area contributed by atoms with Gasteiger partial charge in [0.2, 0.25) is 5.95 Å².